The van der Waals surface area contributed by atoms with E-state index in [1.807, 2.05) is 24.3 Å². The first-order valence-corrected chi connectivity index (χ1v) is 9.76. The highest BCUT2D eigenvalue weighted by molar-refractivity contribution is 5.29. The van der Waals surface area contributed by atoms with Gasteiger partial charge in [0, 0.05) is 13.1 Å². The maximum Gasteiger partial charge on any atom is 0.120 e. The van der Waals surface area contributed by atoms with Crippen molar-refractivity contribution in [3.8, 4) is 5.75 Å². The molecule has 0 spiro atoms. The van der Waals surface area contributed by atoms with Gasteiger partial charge in [-0.1, -0.05) is 65.8 Å². The van der Waals surface area contributed by atoms with Crippen molar-refractivity contribution in [3.63, 3.8) is 0 Å². The van der Waals surface area contributed by atoms with Gasteiger partial charge in [-0.25, -0.2) is 0 Å². The summed E-state index contributed by atoms with van der Waals surface area (Å²) in [5, 5.41) is 0. The zero-order chi connectivity index (χ0) is 19.5. The molecule has 2 aromatic rings. The SMILES string of the molecule is CC(C)=CCC/C(C)=C/CN(C)Cc1cccc(OCc2ccccc2)c1. The minimum Gasteiger partial charge on any atom is -0.489 e. The third-order valence-corrected chi connectivity index (χ3v) is 4.44. The smallest absolute Gasteiger partial charge is 0.120 e. The topological polar surface area (TPSA) is 12.5 Å². The van der Waals surface area contributed by atoms with Crippen molar-refractivity contribution >= 4 is 0 Å². The monoisotopic (exact) mass is 363 g/mol. The van der Waals surface area contributed by atoms with Crippen LogP contribution in [0, 0.1) is 0 Å². The molecule has 0 aliphatic heterocycles. The zero-order valence-corrected chi connectivity index (χ0v) is 17.2. The van der Waals surface area contributed by atoms with Crippen LogP contribution >= 0.6 is 0 Å². The first-order valence-electron chi connectivity index (χ1n) is 9.76. The van der Waals surface area contributed by atoms with Crippen molar-refractivity contribution < 1.29 is 4.74 Å². The van der Waals surface area contributed by atoms with Gasteiger partial charge >= 0.3 is 0 Å². The Labute approximate surface area is 165 Å². The molecule has 2 nitrogen and oxygen atoms in total. The van der Waals surface area contributed by atoms with E-state index in [0.29, 0.717) is 6.61 Å². The summed E-state index contributed by atoms with van der Waals surface area (Å²) in [4.78, 5) is 2.33. The Kier molecular flexibility index (Phi) is 8.86. The summed E-state index contributed by atoms with van der Waals surface area (Å²) in [6, 6.07) is 18.7. The highest BCUT2D eigenvalue weighted by Gasteiger charge is 2.02. The molecular weight excluding hydrogens is 330 g/mol. The van der Waals surface area contributed by atoms with E-state index in [1.54, 1.807) is 0 Å². The summed E-state index contributed by atoms with van der Waals surface area (Å²) < 4.78 is 5.94. The van der Waals surface area contributed by atoms with Gasteiger partial charge in [-0.15, -0.1) is 0 Å². The molecule has 2 heteroatoms. The van der Waals surface area contributed by atoms with E-state index in [1.165, 1.54) is 22.3 Å². The Bertz CT molecular complexity index is 742. The zero-order valence-electron chi connectivity index (χ0n) is 17.2. The van der Waals surface area contributed by atoms with Gasteiger partial charge in [-0.05, 0) is 63.9 Å². The molecule has 0 aromatic heterocycles. The normalized spacial score (nSPS) is 11.5. The summed E-state index contributed by atoms with van der Waals surface area (Å²) in [6.07, 6.45) is 6.92. The molecule has 2 aromatic carbocycles. The van der Waals surface area contributed by atoms with E-state index >= 15 is 0 Å². The van der Waals surface area contributed by atoms with Gasteiger partial charge in [-0.2, -0.15) is 0 Å². The van der Waals surface area contributed by atoms with E-state index in [-0.39, 0.29) is 0 Å². The summed E-state index contributed by atoms with van der Waals surface area (Å²) >= 11 is 0. The van der Waals surface area contributed by atoms with Gasteiger partial charge < -0.3 is 4.74 Å². The van der Waals surface area contributed by atoms with Crippen LogP contribution in [0.2, 0.25) is 0 Å². The molecule has 27 heavy (non-hydrogen) atoms. The summed E-state index contributed by atoms with van der Waals surface area (Å²) in [7, 11) is 2.16. The highest BCUT2D eigenvalue weighted by Crippen LogP contribution is 2.16. The molecule has 144 valence electrons. The lowest BCUT2D eigenvalue weighted by molar-refractivity contribution is 0.304. The molecule has 0 amide bonds. The van der Waals surface area contributed by atoms with Crippen molar-refractivity contribution in [3.05, 3.63) is 89.0 Å². The molecule has 0 fully saturated rings. The van der Waals surface area contributed by atoms with Crippen molar-refractivity contribution in [1.29, 1.82) is 0 Å². The first kappa shape index (κ1) is 21.0. The van der Waals surface area contributed by atoms with Crippen LogP contribution in [-0.4, -0.2) is 18.5 Å². The molecular formula is C25H33NO. The van der Waals surface area contributed by atoms with Crippen LogP contribution in [0.1, 0.15) is 44.7 Å². The molecule has 0 bridgehead atoms. The molecule has 0 unspecified atom stereocenters. The maximum absolute atomic E-state index is 5.94. The third kappa shape index (κ3) is 8.74. The highest BCUT2D eigenvalue weighted by atomic mass is 16.5. The lowest BCUT2D eigenvalue weighted by atomic mass is 10.1. The Morgan fingerprint density at radius 1 is 0.926 bits per heavy atom. The standard InChI is InChI=1S/C25H33NO/c1-21(2)10-8-11-22(3)16-17-26(4)19-24-14-9-15-25(18-24)27-20-23-12-6-5-7-13-23/h5-7,9-10,12-16,18H,8,11,17,19-20H2,1-4H3/b22-16+. The fourth-order valence-electron chi connectivity index (χ4n) is 2.85. The van der Waals surface area contributed by atoms with Crippen LogP contribution in [0.15, 0.2) is 77.9 Å². The van der Waals surface area contributed by atoms with Gasteiger partial charge in [-0.3, -0.25) is 4.90 Å². The van der Waals surface area contributed by atoms with Crippen molar-refractivity contribution in [1.82, 2.24) is 4.90 Å². The average molecular weight is 364 g/mol. The Morgan fingerprint density at radius 2 is 1.67 bits per heavy atom. The number of likely N-dealkylation sites (N-methyl/N-ethyl adjacent to an activating group) is 1. The Balaban J connectivity index is 1.81. The fourth-order valence-corrected chi connectivity index (χ4v) is 2.85. The van der Waals surface area contributed by atoms with Gasteiger partial charge in [0.2, 0.25) is 0 Å². The molecule has 2 rings (SSSR count). The molecule has 0 saturated carbocycles. The number of ether oxygens (including phenoxy) is 1. The van der Waals surface area contributed by atoms with Crippen LogP contribution in [0.5, 0.6) is 5.75 Å². The van der Waals surface area contributed by atoms with Crippen LogP contribution in [0.4, 0.5) is 0 Å². The van der Waals surface area contributed by atoms with Crippen molar-refractivity contribution in [2.24, 2.45) is 0 Å². The molecule has 0 heterocycles. The maximum atomic E-state index is 5.94. The fraction of sp³-hybridized carbons (Fsp3) is 0.360. The summed E-state index contributed by atoms with van der Waals surface area (Å²) in [6.45, 7) is 9.03. The largest absolute Gasteiger partial charge is 0.489 e. The van der Waals surface area contributed by atoms with Gasteiger partial charge in [0.15, 0.2) is 0 Å². The second-order valence-corrected chi connectivity index (χ2v) is 7.49. The van der Waals surface area contributed by atoms with Crippen LogP contribution in [0.3, 0.4) is 0 Å². The first-order chi connectivity index (χ1) is 13.0. The number of allylic oxidation sites excluding steroid dienone is 3. The Morgan fingerprint density at radius 3 is 2.41 bits per heavy atom. The van der Waals surface area contributed by atoms with Gasteiger partial charge in [0.1, 0.15) is 12.4 Å². The number of nitrogens with zero attached hydrogens (tertiary/aromatic N) is 1. The van der Waals surface area contributed by atoms with Gasteiger partial charge in [0.25, 0.3) is 0 Å². The second-order valence-electron chi connectivity index (χ2n) is 7.49. The van der Waals surface area contributed by atoms with E-state index < -0.39 is 0 Å². The number of benzene rings is 2. The quantitative estimate of drug-likeness (QED) is 0.453. The van der Waals surface area contributed by atoms with Crippen LogP contribution in [0.25, 0.3) is 0 Å². The van der Waals surface area contributed by atoms with Crippen LogP contribution < -0.4 is 4.74 Å². The third-order valence-electron chi connectivity index (χ3n) is 4.44. The predicted octanol–water partition coefficient (Wildman–Crippen LogP) is 6.39. The van der Waals surface area contributed by atoms with Crippen LogP contribution in [-0.2, 0) is 13.2 Å². The Hall–Kier alpha value is -2.32. The molecule has 0 aliphatic rings. The van der Waals surface area contributed by atoms with Crippen molar-refractivity contribution in [2.45, 2.75) is 46.8 Å². The minimum absolute atomic E-state index is 0.605. The van der Waals surface area contributed by atoms with Gasteiger partial charge in [0.05, 0.1) is 0 Å². The predicted molar refractivity (Wildman–Crippen MR) is 116 cm³/mol. The number of hydrogen-bond donors (Lipinski definition) is 0. The molecule has 0 aliphatic carbocycles. The lowest BCUT2D eigenvalue weighted by Crippen LogP contribution is -2.18. The second kappa shape index (κ2) is 11.4. The number of rotatable bonds is 10. The molecule has 0 radical (unpaired) electrons. The van der Waals surface area contributed by atoms with E-state index in [4.69, 9.17) is 4.74 Å². The number of hydrogen-bond acceptors (Lipinski definition) is 2. The lowest BCUT2D eigenvalue weighted by Gasteiger charge is -2.16. The van der Waals surface area contributed by atoms with Crippen molar-refractivity contribution in [2.75, 3.05) is 13.6 Å². The molecule has 0 saturated heterocycles. The van der Waals surface area contributed by atoms with E-state index in [0.717, 1.165) is 31.7 Å². The summed E-state index contributed by atoms with van der Waals surface area (Å²) in [5.41, 5.74) is 5.32. The summed E-state index contributed by atoms with van der Waals surface area (Å²) in [5.74, 6) is 0.929. The van der Waals surface area contributed by atoms with E-state index in [9.17, 15) is 0 Å². The van der Waals surface area contributed by atoms with E-state index in [2.05, 4.69) is 75.2 Å². The average Bonchev–Trinajstić information content (AvgIpc) is 2.66. The molecule has 0 N–H and O–H groups in total. The minimum atomic E-state index is 0.605. The molecule has 0 atom stereocenters.